The molecule has 1 aromatic heterocycles. The molecule has 0 bridgehead atoms. The third-order valence-electron chi connectivity index (χ3n) is 2.79. The number of Topliss-reactive ketones (excluding diaryl/α,β-unsaturated/α-hetero) is 1. The summed E-state index contributed by atoms with van der Waals surface area (Å²) in [6.07, 6.45) is 3.49. The number of aromatic nitrogens is 1. The summed E-state index contributed by atoms with van der Waals surface area (Å²) < 4.78 is 38.2. The number of alkyl halides is 3. The standard InChI is InChI=1S/C13H18F3NO/c1-2-3-4-5-6-8-17-9-7-11(10-17)12(18)13(14,15)16/h7,9-10H,2-6,8H2,1H3. The fourth-order valence-electron chi connectivity index (χ4n) is 1.78. The number of hydrogen-bond donors (Lipinski definition) is 0. The van der Waals surface area contributed by atoms with Gasteiger partial charge in [-0.2, -0.15) is 13.2 Å². The van der Waals surface area contributed by atoms with Gasteiger partial charge in [-0.05, 0) is 12.5 Å². The van der Waals surface area contributed by atoms with Crippen LogP contribution in [0.25, 0.3) is 0 Å². The van der Waals surface area contributed by atoms with Gasteiger partial charge in [-0.1, -0.05) is 32.6 Å². The molecular weight excluding hydrogens is 243 g/mol. The van der Waals surface area contributed by atoms with E-state index in [0.717, 1.165) is 25.7 Å². The molecule has 0 N–H and O–H groups in total. The van der Waals surface area contributed by atoms with Crippen molar-refractivity contribution in [3.05, 3.63) is 24.0 Å². The van der Waals surface area contributed by atoms with Crippen molar-refractivity contribution in [1.82, 2.24) is 4.57 Å². The largest absolute Gasteiger partial charge is 0.454 e. The summed E-state index contributed by atoms with van der Waals surface area (Å²) in [5, 5.41) is 0. The Morgan fingerprint density at radius 1 is 1.22 bits per heavy atom. The van der Waals surface area contributed by atoms with Gasteiger partial charge in [0.05, 0.1) is 0 Å². The molecule has 1 rings (SSSR count). The van der Waals surface area contributed by atoms with E-state index in [1.807, 2.05) is 0 Å². The SMILES string of the molecule is CCCCCCCn1ccc(C(=O)C(F)(F)F)c1. The molecule has 0 aliphatic rings. The summed E-state index contributed by atoms with van der Waals surface area (Å²) in [6.45, 7) is 2.79. The Labute approximate surface area is 105 Å². The van der Waals surface area contributed by atoms with Crippen molar-refractivity contribution < 1.29 is 18.0 Å². The van der Waals surface area contributed by atoms with E-state index in [2.05, 4.69) is 6.92 Å². The molecule has 102 valence electrons. The molecule has 0 aliphatic heterocycles. The number of halogens is 3. The Morgan fingerprint density at radius 3 is 2.50 bits per heavy atom. The number of rotatable bonds is 7. The number of nitrogens with zero attached hydrogens (tertiary/aromatic N) is 1. The second-order valence-corrected chi connectivity index (χ2v) is 4.38. The van der Waals surface area contributed by atoms with Crippen LogP contribution in [0.1, 0.15) is 49.4 Å². The lowest BCUT2D eigenvalue weighted by Crippen LogP contribution is -2.22. The van der Waals surface area contributed by atoms with E-state index < -0.39 is 12.0 Å². The van der Waals surface area contributed by atoms with Gasteiger partial charge in [0.25, 0.3) is 5.78 Å². The van der Waals surface area contributed by atoms with Crippen molar-refractivity contribution in [3.8, 4) is 0 Å². The van der Waals surface area contributed by atoms with Crippen LogP contribution in [0.5, 0.6) is 0 Å². The summed E-state index contributed by atoms with van der Waals surface area (Å²) in [5.41, 5.74) is -0.281. The zero-order valence-electron chi connectivity index (χ0n) is 10.5. The van der Waals surface area contributed by atoms with Gasteiger partial charge in [-0.15, -0.1) is 0 Å². The average molecular weight is 261 g/mol. The first-order chi connectivity index (χ1) is 8.45. The zero-order chi connectivity index (χ0) is 13.6. The molecule has 0 saturated heterocycles. The van der Waals surface area contributed by atoms with Crippen LogP contribution in [0.15, 0.2) is 18.5 Å². The highest BCUT2D eigenvalue weighted by atomic mass is 19.4. The van der Waals surface area contributed by atoms with Crippen LogP contribution in [0, 0.1) is 0 Å². The van der Waals surface area contributed by atoms with Crippen LogP contribution in [-0.4, -0.2) is 16.5 Å². The Morgan fingerprint density at radius 2 is 1.89 bits per heavy atom. The smallest absolute Gasteiger partial charge is 0.354 e. The second kappa shape index (κ2) is 6.61. The minimum Gasteiger partial charge on any atom is -0.354 e. The van der Waals surface area contributed by atoms with Crippen molar-refractivity contribution in [3.63, 3.8) is 0 Å². The van der Waals surface area contributed by atoms with Crippen LogP contribution in [0.2, 0.25) is 0 Å². The van der Waals surface area contributed by atoms with Crippen LogP contribution in [-0.2, 0) is 6.54 Å². The van der Waals surface area contributed by atoms with Crippen LogP contribution in [0.3, 0.4) is 0 Å². The van der Waals surface area contributed by atoms with Crippen LogP contribution >= 0.6 is 0 Å². The molecule has 0 radical (unpaired) electrons. The normalized spacial score (nSPS) is 11.8. The fourth-order valence-corrected chi connectivity index (χ4v) is 1.78. The van der Waals surface area contributed by atoms with E-state index in [0.29, 0.717) is 6.54 Å². The first kappa shape index (κ1) is 14.8. The van der Waals surface area contributed by atoms with Crippen molar-refractivity contribution in [2.24, 2.45) is 0 Å². The van der Waals surface area contributed by atoms with Gasteiger partial charge in [-0.3, -0.25) is 4.79 Å². The summed E-state index contributed by atoms with van der Waals surface area (Å²) >= 11 is 0. The van der Waals surface area contributed by atoms with E-state index in [9.17, 15) is 18.0 Å². The van der Waals surface area contributed by atoms with Crippen molar-refractivity contribution >= 4 is 5.78 Å². The molecule has 0 aromatic carbocycles. The second-order valence-electron chi connectivity index (χ2n) is 4.38. The van der Waals surface area contributed by atoms with E-state index in [1.165, 1.54) is 24.9 Å². The molecule has 0 spiro atoms. The maximum atomic E-state index is 12.2. The van der Waals surface area contributed by atoms with E-state index in [-0.39, 0.29) is 5.56 Å². The van der Waals surface area contributed by atoms with Gasteiger partial charge in [0.15, 0.2) is 0 Å². The summed E-state index contributed by atoms with van der Waals surface area (Å²) in [4.78, 5) is 11.0. The minimum absolute atomic E-state index is 0.281. The molecule has 0 fully saturated rings. The highest BCUT2D eigenvalue weighted by molar-refractivity contribution is 6.00. The summed E-state index contributed by atoms with van der Waals surface area (Å²) in [5.74, 6) is -1.77. The van der Waals surface area contributed by atoms with Crippen molar-refractivity contribution in [2.45, 2.75) is 51.7 Å². The fraction of sp³-hybridized carbons (Fsp3) is 0.615. The average Bonchev–Trinajstić information content (AvgIpc) is 2.75. The van der Waals surface area contributed by atoms with Crippen molar-refractivity contribution in [2.75, 3.05) is 0 Å². The highest BCUT2D eigenvalue weighted by Crippen LogP contribution is 2.21. The monoisotopic (exact) mass is 261 g/mol. The third kappa shape index (κ3) is 4.55. The Kier molecular flexibility index (Phi) is 5.44. The van der Waals surface area contributed by atoms with Crippen LogP contribution < -0.4 is 0 Å². The van der Waals surface area contributed by atoms with E-state index in [1.54, 1.807) is 4.57 Å². The molecule has 5 heteroatoms. The predicted molar refractivity (Wildman–Crippen MR) is 63.6 cm³/mol. The quantitative estimate of drug-likeness (QED) is 0.532. The Hall–Kier alpha value is -1.26. The Balaban J connectivity index is 2.42. The van der Waals surface area contributed by atoms with Gasteiger partial charge < -0.3 is 4.57 Å². The summed E-state index contributed by atoms with van der Waals surface area (Å²) in [7, 11) is 0. The lowest BCUT2D eigenvalue weighted by molar-refractivity contribution is -0.0885. The first-order valence-electron chi connectivity index (χ1n) is 6.22. The van der Waals surface area contributed by atoms with Gasteiger partial charge in [0.2, 0.25) is 0 Å². The molecular formula is C13H18F3NO. The van der Waals surface area contributed by atoms with Gasteiger partial charge in [0, 0.05) is 24.5 Å². The molecule has 0 unspecified atom stereocenters. The maximum Gasteiger partial charge on any atom is 0.454 e. The molecule has 18 heavy (non-hydrogen) atoms. The molecule has 0 atom stereocenters. The predicted octanol–water partition coefficient (Wildman–Crippen LogP) is 4.20. The van der Waals surface area contributed by atoms with Crippen LogP contribution in [0.4, 0.5) is 13.2 Å². The first-order valence-corrected chi connectivity index (χ1v) is 6.22. The number of hydrogen-bond acceptors (Lipinski definition) is 1. The number of carbonyl (C=O) groups is 1. The molecule has 0 aliphatic carbocycles. The summed E-state index contributed by atoms with van der Waals surface area (Å²) in [6, 6.07) is 1.22. The highest BCUT2D eigenvalue weighted by Gasteiger charge is 2.39. The number of ketones is 1. The van der Waals surface area contributed by atoms with Crippen molar-refractivity contribution in [1.29, 1.82) is 0 Å². The lowest BCUT2D eigenvalue weighted by Gasteiger charge is -2.03. The minimum atomic E-state index is -4.78. The third-order valence-corrected chi connectivity index (χ3v) is 2.79. The van der Waals surface area contributed by atoms with Gasteiger partial charge in [0.1, 0.15) is 0 Å². The maximum absolute atomic E-state index is 12.2. The molecule has 0 saturated carbocycles. The topological polar surface area (TPSA) is 22.0 Å². The van der Waals surface area contributed by atoms with E-state index in [4.69, 9.17) is 0 Å². The number of unbranched alkanes of at least 4 members (excludes halogenated alkanes) is 4. The zero-order valence-corrected chi connectivity index (χ0v) is 10.5. The van der Waals surface area contributed by atoms with E-state index >= 15 is 0 Å². The molecule has 1 aromatic rings. The van der Waals surface area contributed by atoms with Gasteiger partial charge >= 0.3 is 6.18 Å². The number of carbonyl (C=O) groups excluding carboxylic acids is 1. The van der Waals surface area contributed by atoms with Gasteiger partial charge in [-0.25, -0.2) is 0 Å². The molecule has 1 heterocycles. The molecule has 0 amide bonds. The number of aryl methyl sites for hydroxylation is 1. The lowest BCUT2D eigenvalue weighted by atomic mass is 10.1. The molecule has 2 nitrogen and oxygen atoms in total. The Bertz CT molecular complexity index is 382.